The van der Waals surface area contributed by atoms with E-state index in [9.17, 15) is 4.79 Å². The summed E-state index contributed by atoms with van der Waals surface area (Å²) in [5.41, 5.74) is 2.53. The Morgan fingerprint density at radius 2 is 1.78 bits per heavy atom. The van der Waals surface area contributed by atoms with Crippen molar-refractivity contribution in [2.24, 2.45) is 64.1 Å². The highest BCUT2D eigenvalue weighted by molar-refractivity contribution is 5.70. The summed E-state index contributed by atoms with van der Waals surface area (Å²) >= 11 is 0. The molecule has 3 heterocycles. The van der Waals surface area contributed by atoms with Gasteiger partial charge >= 0.3 is 5.97 Å². The molecule has 3 saturated carbocycles. The number of esters is 1. The zero-order chi connectivity index (χ0) is 28.9. The lowest BCUT2D eigenvalue weighted by Crippen LogP contribution is -2.51. The van der Waals surface area contributed by atoms with Crippen molar-refractivity contribution < 1.29 is 9.53 Å². The number of rotatable bonds is 9. The van der Waals surface area contributed by atoms with Crippen LogP contribution in [0, 0.1) is 64.1 Å². The minimum atomic E-state index is 0.0878. The summed E-state index contributed by atoms with van der Waals surface area (Å²) in [6.07, 6.45) is 20.5. The molecule has 41 heavy (non-hydrogen) atoms. The van der Waals surface area contributed by atoms with Crippen molar-refractivity contribution in [3.63, 3.8) is 0 Å². The number of fused-ring (bicyclic) bond motifs is 8. The Labute approximate surface area is 253 Å². The second kappa shape index (κ2) is 11.9. The Hall–Kier alpha value is -0.830. The molecule has 4 aliphatic carbocycles. The predicted octanol–water partition coefficient (Wildman–Crippen LogP) is 9.31. The number of carbonyl (C=O) groups is 1. The maximum Gasteiger partial charge on any atom is 0.306 e. The van der Waals surface area contributed by atoms with Gasteiger partial charge in [-0.05, 0) is 141 Å². The summed E-state index contributed by atoms with van der Waals surface area (Å²) in [5, 5.41) is 0. The Morgan fingerprint density at radius 3 is 2.46 bits per heavy atom. The molecule has 7 aliphatic rings. The fourth-order valence-electron chi connectivity index (χ4n) is 12.2. The van der Waals surface area contributed by atoms with E-state index in [1.807, 2.05) is 0 Å². The minimum Gasteiger partial charge on any atom is -0.462 e. The summed E-state index contributed by atoms with van der Waals surface area (Å²) in [6.45, 7) is 18.8. The van der Waals surface area contributed by atoms with Gasteiger partial charge in [-0.25, -0.2) is 0 Å². The van der Waals surface area contributed by atoms with Crippen LogP contribution in [0.15, 0.2) is 11.6 Å². The molecule has 3 saturated heterocycles. The van der Waals surface area contributed by atoms with E-state index in [0.29, 0.717) is 23.2 Å². The second-order valence-electron chi connectivity index (χ2n) is 16.9. The average molecular weight is 566 g/mol. The highest BCUT2D eigenvalue weighted by Gasteiger charge is 2.59. The Balaban J connectivity index is 1.06. The average Bonchev–Trinajstić information content (AvgIpc) is 3.31. The lowest BCUT2D eigenvalue weighted by molar-refractivity contribution is -0.154. The first-order valence-corrected chi connectivity index (χ1v) is 18.2. The van der Waals surface area contributed by atoms with Crippen LogP contribution in [0.4, 0.5) is 0 Å². The molecule has 0 N–H and O–H groups in total. The number of piperidine rings is 3. The van der Waals surface area contributed by atoms with Crippen molar-refractivity contribution in [3.8, 4) is 0 Å². The largest absolute Gasteiger partial charge is 0.462 e. The van der Waals surface area contributed by atoms with Crippen molar-refractivity contribution in [1.82, 2.24) is 4.90 Å². The quantitative estimate of drug-likeness (QED) is 0.206. The molecule has 0 aromatic carbocycles. The highest BCUT2D eigenvalue weighted by atomic mass is 16.5. The summed E-state index contributed by atoms with van der Waals surface area (Å²) in [7, 11) is 0. The Bertz CT molecular complexity index is 963. The first-order valence-electron chi connectivity index (χ1n) is 18.2. The number of allylic oxidation sites excluding steroid dienone is 1. The van der Waals surface area contributed by atoms with Crippen molar-refractivity contribution in [1.29, 1.82) is 0 Å². The van der Waals surface area contributed by atoms with Crippen LogP contribution in [0.2, 0.25) is 0 Å². The molecule has 0 spiro atoms. The molecule has 6 fully saturated rings. The van der Waals surface area contributed by atoms with E-state index in [2.05, 4.69) is 52.5 Å². The van der Waals surface area contributed by atoms with Crippen molar-refractivity contribution in [3.05, 3.63) is 11.6 Å². The number of ether oxygens (including phenoxy) is 1. The second-order valence-corrected chi connectivity index (χ2v) is 16.9. The van der Waals surface area contributed by atoms with Crippen LogP contribution in [-0.4, -0.2) is 36.6 Å². The first-order chi connectivity index (χ1) is 19.6. The number of hydrogen-bond acceptors (Lipinski definition) is 3. The van der Waals surface area contributed by atoms with E-state index >= 15 is 0 Å². The van der Waals surface area contributed by atoms with Crippen molar-refractivity contribution in [2.75, 3.05) is 19.6 Å². The normalized spacial score (nSPS) is 44.9. The van der Waals surface area contributed by atoms with Gasteiger partial charge in [-0.1, -0.05) is 66.0 Å². The summed E-state index contributed by atoms with van der Waals surface area (Å²) in [6, 6.07) is 0. The third-order valence-corrected chi connectivity index (χ3v) is 14.8. The van der Waals surface area contributed by atoms with Crippen LogP contribution in [0.1, 0.15) is 131 Å². The van der Waals surface area contributed by atoms with E-state index < -0.39 is 0 Å². The molecule has 0 amide bonds. The molecule has 232 valence electrons. The number of hydrogen-bond donors (Lipinski definition) is 0. The molecule has 3 aliphatic heterocycles. The standard InChI is InChI=1S/C38H63NO2/c1-7-27(25(2)3)9-8-26(4)33-12-13-34-32-11-10-30-23-31(14-18-37(30,5)35(32)15-19-38(33,34)6)41-36(40)22-29-24-39-20-16-28(29)17-21-39/h10,25-29,31-35H,7-9,11-24H2,1-6H3/t26-,27-,29?,31+,32+,33-,34+,35?,37+,38-/m1/s1. The summed E-state index contributed by atoms with van der Waals surface area (Å²) < 4.78 is 6.22. The SMILES string of the molecule is CC[C@H](CC[C@@H](C)[C@H]1CC[C@H]2[C@@H]3CC=C4C[C@@H](OC(=O)CC5CN6CCC5CC6)CC[C@]4(C)C3CC[C@]12C)C(C)C. The highest BCUT2D eigenvalue weighted by Crippen LogP contribution is 2.67. The molecule has 7 rings (SSSR count). The fraction of sp³-hybridized carbons (Fsp3) is 0.921. The molecule has 2 bridgehead atoms. The molecule has 3 heteroatoms. The summed E-state index contributed by atoms with van der Waals surface area (Å²) in [4.78, 5) is 15.6. The maximum atomic E-state index is 13.0. The third kappa shape index (κ3) is 5.62. The third-order valence-electron chi connectivity index (χ3n) is 14.8. The number of nitrogens with zero attached hydrogens (tertiary/aromatic N) is 1. The van der Waals surface area contributed by atoms with E-state index in [0.717, 1.165) is 66.7 Å². The topological polar surface area (TPSA) is 29.5 Å². The zero-order valence-corrected chi connectivity index (χ0v) is 27.6. The molecule has 0 aromatic rings. The predicted molar refractivity (Wildman–Crippen MR) is 169 cm³/mol. The van der Waals surface area contributed by atoms with Gasteiger partial charge in [0.25, 0.3) is 0 Å². The molecular weight excluding hydrogens is 502 g/mol. The van der Waals surface area contributed by atoms with Crippen LogP contribution in [-0.2, 0) is 9.53 Å². The first kappa shape index (κ1) is 30.2. The maximum absolute atomic E-state index is 13.0. The van der Waals surface area contributed by atoms with Gasteiger partial charge in [-0.2, -0.15) is 0 Å². The Kier molecular flexibility index (Phi) is 8.79. The van der Waals surface area contributed by atoms with Crippen LogP contribution >= 0.6 is 0 Å². The Morgan fingerprint density at radius 1 is 1.00 bits per heavy atom. The molecule has 10 atom stereocenters. The van der Waals surface area contributed by atoms with E-state index in [1.54, 1.807) is 5.57 Å². The van der Waals surface area contributed by atoms with E-state index in [4.69, 9.17) is 4.74 Å². The van der Waals surface area contributed by atoms with Crippen LogP contribution in [0.5, 0.6) is 0 Å². The fourth-order valence-corrected chi connectivity index (χ4v) is 12.2. The van der Waals surface area contributed by atoms with Gasteiger partial charge in [0.2, 0.25) is 0 Å². The summed E-state index contributed by atoms with van der Waals surface area (Å²) in [5.74, 6) is 7.50. The van der Waals surface area contributed by atoms with Gasteiger partial charge in [-0.3, -0.25) is 4.79 Å². The molecule has 0 radical (unpaired) electrons. The lowest BCUT2D eigenvalue weighted by Gasteiger charge is -2.58. The smallest absolute Gasteiger partial charge is 0.306 e. The monoisotopic (exact) mass is 565 g/mol. The van der Waals surface area contributed by atoms with E-state index in [1.165, 1.54) is 83.7 Å². The van der Waals surface area contributed by atoms with Gasteiger partial charge in [0.05, 0.1) is 0 Å². The van der Waals surface area contributed by atoms with Gasteiger partial charge < -0.3 is 9.64 Å². The number of carbonyl (C=O) groups excluding carboxylic acids is 1. The molecule has 2 unspecified atom stereocenters. The van der Waals surface area contributed by atoms with Gasteiger partial charge in [0, 0.05) is 19.4 Å². The van der Waals surface area contributed by atoms with Gasteiger partial charge in [0.1, 0.15) is 6.10 Å². The van der Waals surface area contributed by atoms with Gasteiger partial charge in [-0.15, -0.1) is 0 Å². The van der Waals surface area contributed by atoms with E-state index in [-0.39, 0.29) is 12.1 Å². The molecular formula is C38H63NO2. The van der Waals surface area contributed by atoms with Crippen molar-refractivity contribution >= 4 is 5.97 Å². The molecule has 0 aromatic heterocycles. The van der Waals surface area contributed by atoms with Gasteiger partial charge in [0.15, 0.2) is 0 Å². The van der Waals surface area contributed by atoms with Crippen LogP contribution in [0.3, 0.4) is 0 Å². The van der Waals surface area contributed by atoms with Crippen LogP contribution < -0.4 is 0 Å². The van der Waals surface area contributed by atoms with Crippen molar-refractivity contribution in [2.45, 2.75) is 138 Å². The molecule has 3 nitrogen and oxygen atoms in total. The lowest BCUT2D eigenvalue weighted by atomic mass is 9.47. The minimum absolute atomic E-state index is 0.0878. The zero-order valence-electron chi connectivity index (χ0n) is 27.6. The van der Waals surface area contributed by atoms with Crippen LogP contribution in [0.25, 0.3) is 0 Å².